The molecule has 0 unspecified atom stereocenters. The van der Waals surface area contributed by atoms with Gasteiger partial charge >= 0.3 is 11.9 Å². The summed E-state index contributed by atoms with van der Waals surface area (Å²) in [5.41, 5.74) is 3.09. The molecule has 38 heavy (non-hydrogen) atoms. The fourth-order valence-electron chi connectivity index (χ4n) is 5.14. The zero-order valence-corrected chi connectivity index (χ0v) is 20.9. The Kier molecular flexibility index (Phi) is 6.97. The van der Waals surface area contributed by atoms with Crippen molar-refractivity contribution in [3.8, 4) is 28.7 Å². The predicted octanol–water partition coefficient (Wildman–Crippen LogP) is 3.87. The number of hydrogen-bond donors (Lipinski definition) is 2. The van der Waals surface area contributed by atoms with Crippen LogP contribution in [0.2, 0.25) is 0 Å². The third-order valence-corrected chi connectivity index (χ3v) is 6.52. The van der Waals surface area contributed by atoms with Gasteiger partial charge in [0, 0.05) is 5.56 Å². The van der Waals surface area contributed by atoms with Crippen LogP contribution >= 0.6 is 0 Å². The summed E-state index contributed by atoms with van der Waals surface area (Å²) in [7, 11) is 1.47. The number of nitrogens with zero attached hydrogens (tertiary/aromatic N) is 1. The van der Waals surface area contributed by atoms with E-state index in [1.165, 1.54) is 7.11 Å². The number of benzene rings is 3. The van der Waals surface area contributed by atoms with E-state index in [0.717, 1.165) is 16.7 Å². The highest BCUT2D eigenvalue weighted by atomic mass is 16.7. The number of fused-ring (bicyclic) bond motifs is 2. The van der Waals surface area contributed by atoms with Crippen LogP contribution in [0.3, 0.4) is 0 Å². The first kappa shape index (κ1) is 25.2. The first-order valence-electron chi connectivity index (χ1n) is 12.1. The molecule has 0 saturated carbocycles. The van der Waals surface area contributed by atoms with Crippen molar-refractivity contribution in [2.75, 3.05) is 33.7 Å². The highest BCUT2D eigenvalue weighted by Crippen LogP contribution is 2.53. The molecule has 5 rings (SSSR count). The Morgan fingerprint density at radius 3 is 2.47 bits per heavy atom. The minimum Gasteiger partial charge on any atom is -0.494 e. The maximum Gasteiger partial charge on any atom is 0.341 e. The van der Waals surface area contributed by atoms with Crippen molar-refractivity contribution < 1.29 is 43.5 Å². The third-order valence-electron chi connectivity index (χ3n) is 6.52. The number of methoxy groups -OCH3 is 1. The van der Waals surface area contributed by atoms with E-state index in [1.54, 1.807) is 18.2 Å². The predicted molar refractivity (Wildman–Crippen MR) is 134 cm³/mol. The van der Waals surface area contributed by atoms with E-state index in [-0.39, 0.29) is 19.1 Å². The summed E-state index contributed by atoms with van der Waals surface area (Å²) in [5.74, 6) is 0.249. The number of carbonyl (C=O) groups is 2. The van der Waals surface area contributed by atoms with Crippen LogP contribution in [0.4, 0.5) is 0 Å². The van der Waals surface area contributed by atoms with Crippen LogP contribution in [0.5, 0.6) is 28.7 Å². The Balaban J connectivity index is 1.72. The van der Waals surface area contributed by atoms with Crippen molar-refractivity contribution in [1.29, 1.82) is 0 Å². The second kappa shape index (κ2) is 10.5. The van der Waals surface area contributed by atoms with E-state index < -0.39 is 30.6 Å². The molecule has 0 spiro atoms. The number of carboxylic acids is 2. The summed E-state index contributed by atoms with van der Waals surface area (Å²) in [6.45, 7) is 1.57. The highest BCUT2D eigenvalue weighted by Gasteiger charge is 2.43. The van der Waals surface area contributed by atoms with Crippen LogP contribution in [0.25, 0.3) is 0 Å². The van der Waals surface area contributed by atoms with Gasteiger partial charge in [-0.2, -0.15) is 0 Å². The van der Waals surface area contributed by atoms with Crippen molar-refractivity contribution in [2.24, 2.45) is 0 Å². The maximum atomic E-state index is 12.2. The molecule has 0 radical (unpaired) electrons. The quantitative estimate of drug-likeness (QED) is 0.406. The Morgan fingerprint density at radius 1 is 0.921 bits per heavy atom. The zero-order chi connectivity index (χ0) is 26.8. The van der Waals surface area contributed by atoms with E-state index >= 15 is 0 Å². The summed E-state index contributed by atoms with van der Waals surface area (Å²) in [6.07, 6.45) is 0. The van der Waals surface area contributed by atoms with Crippen molar-refractivity contribution >= 4 is 11.9 Å². The van der Waals surface area contributed by atoms with Crippen molar-refractivity contribution in [3.05, 3.63) is 76.9 Å². The summed E-state index contributed by atoms with van der Waals surface area (Å²) in [4.78, 5) is 25.4. The van der Waals surface area contributed by atoms with Gasteiger partial charge < -0.3 is 33.9 Å². The molecule has 0 aromatic heterocycles. The molecule has 2 atom stereocenters. The minimum atomic E-state index is -1.15. The summed E-state index contributed by atoms with van der Waals surface area (Å²) < 4.78 is 28.1. The van der Waals surface area contributed by atoms with Crippen molar-refractivity contribution in [3.63, 3.8) is 0 Å². The molecule has 10 heteroatoms. The monoisotopic (exact) mass is 521 g/mol. The SMILES string of the molecule is CCOc1ccc2c(c1)[C@H](c1cccc(OC)c1OCC(=O)O)N(CC(=O)O)[C@@H]2c1ccc2c(c1)OCO2. The number of hydrogen-bond acceptors (Lipinski definition) is 8. The topological polar surface area (TPSA) is 124 Å². The Bertz CT molecular complexity index is 1370. The first-order valence-corrected chi connectivity index (χ1v) is 12.1. The second-order valence-electron chi connectivity index (χ2n) is 8.77. The van der Waals surface area contributed by atoms with Gasteiger partial charge in [0.15, 0.2) is 29.6 Å². The van der Waals surface area contributed by atoms with Gasteiger partial charge in [-0.3, -0.25) is 9.69 Å². The van der Waals surface area contributed by atoms with Gasteiger partial charge in [-0.1, -0.05) is 24.3 Å². The molecular weight excluding hydrogens is 494 g/mol. The molecule has 198 valence electrons. The van der Waals surface area contributed by atoms with Crippen LogP contribution in [0.15, 0.2) is 54.6 Å². The molecule has 2 heterocycles. The smallest absolute Gasteiger partial charge is 0.341 e. The van der Waals surface area contributed by atoms with Gasteiger partial charge in [0.05, 0.1) is 32.3 Å². The van der Waals surface area contributed by atoms with Crippen LogP contribution in [0, 0.1) is 0 Å². The standard InChI is InChI=1S/C28H27NO9/c1-3-35-17-8-9-18-20(12-17)27(19-5-4-6-22(34-2)28(19)36-14-25(32)33)29(13-24(30)31)26(18)16-7-10-21-23(11-16)38-15-37-21/h4-12,26-27H,3,13-15H2,1-2H3,(H,30,31)(H,32,33)/t26-,27+/m1/s1. The number of ether oxygens (including phenoxy) is 5. The van der Waals surface area contributed by atoms with Gasteiger partial charge in [-0.25, -0.2) is 4.79 Å². The first-order chi connectivity index (χ1) is 18.4. The molecule has 2 aliphatic heterocycles. The average Bonchev–Trinajstić information content (AvgIpc) is 3.48. The number of para-hydroxylation sites is 1. The molecule has 0 bridgehead atoms. The molecule has 3 aromatic rings. The largest absolute Gasteiger partial charge is 0.494 e. The van der Waals surface area contributed by atoms with Gasteiger partial charge in [-0.15, -0.1) is 0 Å². The lowest BCUT2D eigenvalue weighted by Crippen LogP contribution is -2.33. The summed E-state index contributed by atoms with van der Waals surface area (Å²) in [5, 5.41) is 19.3. The summed E-state index contributed by atoms with van der Waals surface area (Å²) >= 11 is 0. The Morgan fingerprint density at radius 2 is 1.74 bits per heavy atom. The Labute approximate surface area is 218 Å². The number of carboxylic acid groups (broad SMARTS) is 2. The van der Waals surface area contributed by atoms with Crippen LogP contribution in [0.1, 0.15) is 41.3 Å². The molecule has 2 N–H and O–H groups in total. The van der Waals surface area contributed by atoms with Gasteiger partial charge in [0.1, 0.15) is 5.75 Å². The van der Waals surface area contributed by atoms with E-state index in [9.17, 15) is 19.8 Å². The molecule has 0 saturated heterocycles. The van der Waals surface area contributed by atoms with E-state index in [0.29, 0.717) is 35.2 Å². The molecule has 3 aromatic carbocycles. The number of rotatable bonds is 10. The van der Waals surface area contributed by atoms with Crippen LogP contribution in [-0.2, 0) is 9.59 Å². The van der Waals surface area contributed by atoms with Crippen LogP contribution < -0.4 is 23.7 Å². The lowest BCUT2D eigenvalue weighted by atomic mass is 9.94. The minimum absolute atomic E-state index is 0.118. The number of aliphatic carboxylic acids is 2. The normalized spacial score (nSPS) is 17.6. The van der Waals surface area contributed by atoms with Gasteiger partial charge in [-0.05, 0) is 53.9 Å². The molecular formula is C28H27NO9. The van der Waals surface area contributed by atoms with Crippen LogP contribution in [-0.4, -0.2) is 60.7 Å². The molecule has 0 fully saturated rings. The lowest BCUT2D eigenvalue weighted by molar-refractivity contribution is -0.139. The van der Waals surface area contributed by atoms with E-state index in [2.05, 4.69) is 0 Å². The fourth-order valence-corrected chi connectivity index (χ4v) is 5.14. The zero-order valence-electron chi connectivity index (χ0n) is 20.9. The van der Waals surface area contributed by atoms with Crippen molar-refractivity contribution in [1.82, 2.24) is 4.90 Å². The highest BCUT2D eigenvalue weighted by molar-refractivity contribution is 5.71. The Hall–Kier alpha value is -4.44. The average molecular weight is 522 g/mol. The lowest BCUT2D eigenvalue weighted by Gasteiger charge is -2.31. The van der Waals surface area contributed by atoms with E-state index in [1.807, 2.05) is 48.2 Å². The maximum absolute atomic E-state index is 12.2. The van der Waals surface area contributed by atoms with Gasteiger partial charge in [0.2, 0.25) is 6.79 Å². The van der Waals surface area contributed by atoms with Crippen molar-refractivity contribution in [2.45, 2.75) is 19.0 Å². The van der Waals surface area contributed by atoms with Gasteiger partial charge in [0.25, 0.3) is 0 Å². The molecule has 0 aliphatic carbocycles. The fraction of sp³-hybridized carbons (Fsp3) is 0.286. The summed E-state index contributed by atoms with van der Waals surface area (Å²) in [6, 6.07) is 15.4. The second-order valence-corrected chi connectivity index (χ2v) is 8.77. The van der Waals surface area contributed by atoms with E-state index in [4.69, 9.17) is 23.7 Å². The molecule has 10 nitrogen and oxygen atoms in total. The third kappa shape index (κ3) is 4.66. The molecule has 0 amide bonds. The molecule has 2 aliphatic rings.